The van der Waals surface area contributed by atoms with Crippen LogP contribution in [0.1, 0.15) is 26.5 Å². The smallest absolute Gasteiger partial charge is 0.338 e. The van der Waals surface area contributed by atoms with Gasteiger partial charge in [0.25, 0.3) is 5.91 Å². The summed E-state index contributed by atoms with van der Waals surface area (Å²) in [5.74, 6) is -1.63. The van der Waals surface area contributed by atoms with Crippen molar-refractivity contribution in [2.45, 2.75) is 0 Å². The van der Waals surface area contributed by atoms with Crippen LogP contribution >= 0.6 is 0 Å². The summed E-state index contributed by atoms with van der Waals surface area (Å²) in [7, 11) is 1.40. The number of nitrogens with zero attached hydrogens (tertiary/aromatic N) is 1. The minimum absolute atomic E-state index is 0.119. The molecule has 0 saturated heterocycles. The number of ether oxygens (including phenoxy) is 1. The molecule has 0 aliphatic rings. The zero-order valence-corrected chi connectivity index (χ0v) is 10.9. The summed E-state index contributed by atoms with van der Waals surface area (Å²) in [5, 5.41) is 20.1. The lowest BCUT2D eigenvalue weighted by Crippen LogP contribution is -2.12. The third kappa shape index (κ3) is 3.01. The van der Waals surface area contributed by atoms with Gasteiger partial charge in [-0.05, 0) is 12.1 Å². The Morgan fingerprint density at radius 1 is 1.38 bits per heavy atom. The Bertz CT molecular complexity index is 742. The molecular weight excluding hydrogens is 276 g/mol. The SMILES string of the molecule is COc1cc(C#N)ccc1NC(=O)c1cc(C(=O)O)co1. The first kappa shape index (κ1) is 14.1. The summed E-state index contributed by atoms with van der Waals surface area (Å²) in [5.41, 5.74) is 0.609. The minimum atomic E-state index is -1.19. The highest BCUT2D eigenvalue weighted by Gasteiger charge is 2.16. The van der Waals surface area contributed by atoms with E-state index in [0.29, 0.717) is 17.0 Å². The fraction of sp³-hybridized carbons (Fsp3) is 0.0714. The number of carboxylic acid groups (broad SMARTS) is 1. The first-order valence-electron chi connectivity index (χ1n) is 5.76. The molecule has 0 spiro atoms. The Balaban J connectivity index is 2.23. The summed E-state index contributed by atoms with van der Waals surface area (Å²) >= 11 is 0. The number of carbonyl (C=O) groups excluding carboxylic acids is 1. The largest absolute Gasteiger partial charge is 0.495 e. The number of amides is 1. The van der Waals surface area contributed by atoms with E-state index in [2.05, 4.69) is 5.32 Å². The number of rotatable bonds is 4. The van der Waals surface area contributed by atoms with Crippen LogP contribution < -0.4 is 10.1 Å². The molecule has 0 atom stereocenters. The molecule has 0 radical (unpaired) electrons. The van der Waals surface area contributed by atoms with E-state index in [0.717, 1.165) is 12.3 Å². The van der Waals surface area contributed by atoms with Gasteiger partial charge in [-0.1, -0.05) is 0 Å². The van der Waals surface area contributed by atoms with Crippen LogP contribution in [-0.2, 0) is 0 Å². The van der Waals surface area contributed by atoms with Crippen molar-refractivity contribution in [1.82, 2.24) is 0 Å². The van der Waals surface area contributed by atoms with Crippen molar-refractivity contribution >= 4 is 17.6 Å². The second kappa shape index (κ2) is 5.79. The van der Waals surface area contributed by atoms with Crippen LogP contribution in [0.3, 0.4) is 0 Å². The van der Waals surface area contributed by atoms with E-state index in [9.17, 15) is 9.59 Å². The molecule has 7 nitrogen and oxygen atoms in total. The molecule has 0 saturated carbocycles. The Labute approximate surface area is 119 Å². The Morgan fingerprint density at radius 2 is 2.14 bits per heavy atom. The topological polar surface area (TPSA) is 113 Å². The normalized spacial score (nSPS) is 9.71. The maximum Gasteiger partial charge on any atom is 0.338 e. The highest BCUT2D eigenvalue weighted by molar-refractivity contribution is 6.04. The van der Waals surface area contributed by atoms with Crippen LogP contribution in [0.5, 0.6) is 5.75 Å². The van der Waals surface area contributed by atoms with Crippen LogP contribution in [0.25, 0.3) is 0 Å². The highest BCUT2D eigenvalue weighted by Crippen LogP contribution is 2.26. The molecule has 2 rings (SSSR count). The minimum Gasteiger partial charge on any atom is -0.495 e. The van der Waals surface area contributed by atoms with Crippen LogP contribution in [0, 0.1) is 11.3 Å². The number of hydrogen-bond acceptors (Lipinski definition) is 5. The third-order valence-corrected chi connectivity index (χ3v) is 2.65. The first-order chi connectivity index (χ1) is 10.0. The van der Waals surface area contributed by atoms with Crippen LogP contribution in [-0.4, -0.2) is 24.1 Å². The van der Waals surface area contributed by atoms with Crippen LogP contribution in [0.15, 0.2) is 34.9 Å². The number of nitriles is 1. The molecule has 7 heteroatoms. The van der Waals surface area contributed by atoms with Crippen molar-refractivity contribution in [2.75, 3.05) is 12.4 Å². The van der Waals surface area contributed by atoms with Gasteiger partial charge in [0.15, 0.2) is 5.76 Å². The number of aromatic carboxylic acids is 1. The Hall–Kier alpha value is -3.27. The number of nitrogens with one attached hydrogen (secondary N) is 1. The predicted molar refractivity (Wildman–Crippen MR) is 71.3 cm³/mol. The summed E-state index contributed by atoms with van der Waals surface area (Å²) in [4.78, 5) is 22.7. The van der Waals surface area contributed by atoms with Crippen molar-refractivity contribution in [3.63, 3.8) is 0 Å². The van der Waals surface area contributed by atoms with Gasteiger partial charge in [-0.2, -0.15) is 5.26 Å². The van der Waals surface area contributed by atoms with Gasteiger partial charge in [-0.25, -0.2) is 4.79 Å². The third-order valence-electron chi connectivity index (χ3n) is 2.65. The van der Waals surface area contributed by atoms with Crippen molar-refractivity contribution in [3.05, 3.63) is 47.4 Å². The van der Waals surface area contributed by atoms with Gasteiger partial charge in [-0.15, -0.1) is 0 Å². The molecule has 106 valence electrons. The van der Waals surface area contributed by atoms with Crippen molar-refractivity contribution in [3.8, 4) is 11.8 Å². The molecule has 1 heterocycles. The fourth-order valence-corrected chi connectivity index (χ4v) is 1.62. The summed E-state index contributed by atoms with van der Waals surface area (Å²) in [6.07, 6.45) is 0.979. The molecule has 1 aromatic carbocycles. The van der Waals surface area contributed by atoms with E-state index < -0.39 is 11.9 Å². The van der Waals surface area contributed by atoms with E-state index in [1.807, 2.05) is 6.07 Å². The summed E-state index contributed by atoms with van der Waals surface area (Å²) < 4.78 is 9.97. The van der Waals surface area contributed by atoms with Gasteiger partial charge in [0.05, 0.1) is 30.0 Å². The van der Waals surface area contributed by atoms with Gasteiger partial charge in [0.2, 0.25) is 0 Å². The number of benzene rings is 1. The summed E-state index contributed by atoms with van der Waals surface area (Å²) in [6.45, 7) is 0. The van der Waals surface area contributed by atoms with Crippen molar-refractivity contribution in [2.24, 2.45) is 0 Å². The molecule has 0 aliphatic carbocycles. The second-order valence-electron chi connectivity index (χ2n) is 3.99. The van der Waals surface area contributed by atoms with Gasteiger partial charge in [0.1, 0.15) is 12.0 Å². The molecule has 1 amide bonds. The molecule has 2 aromatic rings. The molecule has 0 unspecified atom stereocenters. The Kier molecular flexibility index (Phi) is 3.90. The number of hydrogen-bond donors (Lipinski definition) is 2. The zero-order valence-electron chi connectivity index (χ0n) is 10.9. The molecule has 21 heavy (non-hydrogen) atoms. The highest BCUT2D eigenvalue weighted by atomic mass is 16.5. The van der Waals surface area contributed by atoms with Gasteiger partial charge in [0, 0.05) is 12.1 Å². The molecule has 1 aromatic heterocycles. The fourth-order valence-electron chi connectivity index (χ4n) is 1.62. The molecule has 0 aliphatic heterocycles. The van der Waals surface area contributed by atoms with Gasteiger partial charge in [-0.3, -0.25) is 4.79 Å². The first-order valence-corrected chi connectivity index (χ1v) is 5.76. The lowest BCUT2D eigenvalue weighted by Gasteiger charge is -2.09. The number of carbonyl (C=O) groups is 2. The second-order valence-corrected chi connectivity index (χ2v) is 3.99. The standard InChI is InChI=1S/C14H10N2O5/c1-20-11-4-8(6-15)2-3-10(11)16-13(17)12-5-9(7-21-12)14(18)19/h2-5,7H,1H3,(H,16,17)(H,18,19). The number of furan rings is 1. The number of methoxy groups -OCH3 is 1. The quantitative estimate of drug-likeness (QED) is 0.890. The molecule has 2 N–H and O–H groups in total. The predicted octanol–water partition coefficient (Wildman–Crippen LogP) is 2.11. The zero-order chi connectivity index (χ0) is 15.4. The molecule has 0 bridgehead atoms. The van der Waals surface area contributed by atoms with E-state index in [-0.39, 0.29) is 11.3 Å². The van der Waals surface area contributed by atoms with E-state index in [1.54, 1.807) is 0 Å². The lowest BCUT2D eigenvalue weighted by atomic mass is 10.2. The monoisotopic (exact) mass is 286 g/mol. The Morgan fingerprint density at radius 3 is 2.71 bits per heavy atom. The average Bonchev–Trinajstić information content (AvgIpc) is 2.97. The summed E-state index contributed by atoms with van der Waals surface area (Å²) in [6, 6.07) is 7.57. The number of carboxylic acids is 1. The lowest BCUT2D eigenvalue weighted by molar-refractivity contribution is 0.0696. The molecular formula is C14H10N2O5. The maximum absolute atomic E-state index is 12.0. The van der Waals surface area contributed by atoms with Crippen LogP contribution in [0.2, 0.25) is 0 Å². The van der Waals surface area contributed by atoms with E-state index in [1.165, 1.54) is 25.3 Å². The average molecular weight is 286 g/mol. The maximum atomic E-state index is 12.0. The van der Waals surface area contributed by atoms with Gasteiger partial charge < -0.3 is 19.6 Å². The van der Waals surface area contributed by atoms with Crippen molar-refractivity contribution < 1.29 is 23.8 Å². The van der Waals surface area contributed by atoms with Gasteiger partial charge >= 0.3 is 5.97 Å². The van der Waals surface area contributed by atoms with E-state index in [4.69, 9.17) is 19.5 Å². The van der Waals surface area contributed by atoms with E-state index >= 15 is 0 Å². The van der Waals surface area contributed by atoms with Crippen molar-refractivity contribution in [1.29, 1.82) is 5.26 Å². The molecule has 0 fully saturated rings. The van der Waals surface area contributed by atoms with Crippen LogP contribution in [0.4, 0.5) is 5.69 Å². The number of anilines is 1.